The number of rotatable bonds is 6. The molecular weight excluding hydrogens is 316 g/mol. The Hall–Kier alpha value is 0.350. The third-order valence-corrected chi connectivity index (χ3v) is 10.7. The van der Waals surface area contributed by atoms with E-state index in [2.05, 4.69) is 83.1 Å². The maximum Gasteiger partial charge on any atom is 0.0587 e. The van der Waals surface area contributed by atoms with Crippen molar-refractivity contribution < 1.29 is 0 Å². The van der Waals surface area contributed by atoms with Gasteiger partial charge < -0.3 is 0 Å². The second-order valence-corrected chi connectivity index (χ2v) is 15.7. The summed E-state index contributed by atoms with van der Waals surface area (Å²) >= 11 is 0. The molecule has 0 saturated heterocycles. The average molecular weight is 362 g/mol. The van der Waals surface area contributed by atoms with E-state index < -0.39 is 0 Å². The van der Waals surface area contributed by atoms with Gasteiger partial charge in [-0.15, -0.1) is 0 Å². The van der Waals surface area contributed by atoms with E-state index >= 15 is 0 Å². The fourth-order valence-corrected chi connectivity index (χ4v) is 10.7. The van der Waals surface area contributed by atoms with Crippen LogP contribution in [0.25, 0.3) is 0 Å². The molecule has 140 valence electrons. The predicted octanol–water partition coefficient (Wildman–Crippen LogP) is 7.92. The SMILES string of the molecule is CC#N.CC(C)P(C(C)C)C(C)C.CC(C)P(C(C)C)C(C)C. The van der Waals surface area contributed by atoms with Crippen LogP contribution in [0, 0.1) is 11.3 Å². The van der Waals surface area contributed by atoms with Gasteiger partial charge in [0.05, 0.1) is 6.07 Å². The summed E-state index contributed by atoms with van der Waals surface area (Å²) in [5.41, 5.74) is 5.39. The van der Waals surface area contributed by atoms with Crippen molar-refractivity contribution >= 4 is 15.8 Å². The topological polar surface area (TPSA) is 23.8 Å². The molecule has 0 radical (unpaired) electrons. The summed E-state index contributed by atoms with van der Waals surface area (Å²) in [4.78, 5) is 0. The lowest BCUT2D eigenvalue weighted by Crippen LogP contribution is -2.10. The smallest absolute Gasteiger partial charge is 0.0587 e. The van der Waals surface area contributed by atoms with E-state index in [-0.39, 0.29) is 15.8 Å². The van der Waals surface area contributed by atoms with Crippen molar-refractivity contribution in [3.63, 3.8) is 0 Å². The molecule has 1 nitrogen and oxygen atoms in total. The summed E-state index contributed by atoms with van der Waals surface area (Å²) in [7, 11) is 0.525. The van der Waals surface area contributed by atoms with Crippen molar-refractivity contribution in [1.82, 2.24) is 0 Å². The highest BCUT2D eigenvalue weighted by Crippen LogP contribution is 2.50. The van der Waals surface area contributed by atoms with Gasteiger partial charge in [0.2, 0.25) is 0 Å². The van der Waals surface area contributed by atoms with E-state index in [0.29, 0.717) is 0 Å². The minimum Gasteiger partial charge on any atom is -0.199 e. The molecule has 0 aromatic heterocycles. The maximum atomic E-state index is 7.32. The molecular formula is C20H45NP2. The number of nitrogens with zero attached hydrogens (tertiary/aromatic N) is 1. The molecule has 0 rings (SSSR count). The van der Waals surface area contributed by atoms with Crippen LogP contribution >= 0.6 is 15.8 Å². The fraction of sp³-hybridized carbons (Fsp3) is 0.950. The molecule has 0 unspecified atom stereocenters. The third kappa shape index (κ3) is 15.6. The molecule has 0 aliphatic carbocycles. The van der Waals surface area contributed by atoms with Gasteiger partial charge in [0.25, 0.3) is 0 Å². The third-order valence-electron chi connectivity index (χ3n) is 3.58. The molecule has 0 heterocycles. The van der Waals surface area contributed by atoms with Gasteiger partial charge in [-0.05, 0) is 34.0 Å². The molecule has 0 spiro atoms. The average Bonchev–Trinajstić information content (AvgIpc) is 2.26. The van der Waals surface area contributed by atoms with Crippen LogP contribution in [0.5, 0.6) is 0 Å². The van der Waals surface area contributed by atoms with E-state index in [1.165, 1.54) is 6.92 Å². The summed E-state index contributed by atoms with van der Waals surface area (Å²) in [5.74, 6) is 0. The van der Waals surface area contributed by atoms with Crippen molar-refractivity contribution in [2.24, 2.45) is 0 Å². The predicted molar refractivity (Wildman–Crippen MR) is 116 cm³/mol. The molecule has 0 aromatic carbocycles. The Bertz CT molecular complexity index is 226. The normalized spacial score (nSPS) is 11.3. The van der Waals surface area contributed by atoms with Crippen molar-refractivity contribution in [3.8, 4) is 6.07 Å². The van der Waals surface area contributed by atoms with Crippen molar-refractivity contribution in [2.75, 3.05) is 0 Å². The summed E-state index contributed by atoms with van der Waals surface area (Å²) in [5, 5.41) is 7.32. The summed E-state index contributed by atoms with van der Waals surface area (Å²) in [6, 6.07) is 1.75. The molecule has 0 fully saturated rings. The molecule has 0 bridgehead atoms. The van der Waals surface area contributed by atoms with Crippen LogP contribution in [0.2, 0.25) is 0 Å². The number of hydrogen-bond acceptors (Lipinski definition) is 1. The second kappa shape index (κ2) is 15.9. The molecule has 0 aliphatic rings. The highest BCUT2D eigenvalue weighted by atomic mass is 31.1. The van der Waals surface area contributed by atoms with Gasteiger partial charge in [0.1, 0.15) is 0 Å². The molecule has 0 atom stereocenters. The van der Waals surface area contributed by atoms with E-state index in [1.54, 1.807) is 6.07 Å². The van der Waals surface area contributed by atoms with Crippen LogP contribution in [0.1, 0.15) is 90.0 Å². The van der Waals surface area contributed by atoms with E-state index in [9.17, 15) is 0 Å². The van der Waals surface area contributed by atoms with Gasteiger partial charge in [-0.1, -0.05) is 98.9 Å². The highest BCUT2D eigenvalue weighted by molar-refractivity contribution is 7.60. The molecule has 0 saturated carbocycles. The van der Waals surface area contributed by atoms with Crippen molar-refractivity contribution in [1.29, 1.82) is 5.26 Å². The van der Waals surface area contributed by atoms with Crippen molar-refractivity contribution in [2.45, 2.75) is 124 Å². The summed E-state index contributed by atoms with van der Waals surface area (Å²) in [6.07, 6.45) is 0. The van der Waals surface area contributed by atoms with Crippen LogP contribution in [-0.2, 0) is 0 Å². The molecule has 23 heavy (non-hydrogen) atoms. The van der Waals surface area contributed by atoms with Crippen LogP contribution in [0.15, 0.2) is 0 Å². The molecule has 0 N–H and O–H groups in total. The van der Waals surface area contributed by atoms with Gasteiger partial charge >= 0.3 is 0 Å². The quantitative estimate of drug-likeness (QED) is 0.441. The first-order valence-corrected chi connectivity index (χ1v) is 12.3. The maximum absolute atomic E-state index is 7.32. The number of hydrogen-bond donors (Lipinski definition) is 0. The van der Waals surface area contributed by atoms with Crippen LogP contribution in [0.4, 0.5) is 0 Å². The van der Waals surface area contributed by atoms with E-state index in [1.807, 2.05) is 0 Å². The monoisotopic (exact) mass is 361 g/mol. The fourth-order valence-electron chi connectivity index (χ4n) is 3.58. The molecule has 0 aromatic rings. The second-order valence-electron chi connectivity index (χ2n) is 7.68. The Balaban J connectivity index is -0.000000297. The lowest BCUT2D eigenvalue weighted by atomic mass is 10.5. The summed E-state index contributed by atoms with van der Waals surface area (Å²) in [6.45, 7) is 29.7. The molecule has 0 aliphatic heterocycles. The Labute approximate surface area is 151 Å². The largest absolute Gasteiger partial charge is 0.199 e. The zero-order chi connectivity index (χ0) is 19.3. The van der Waals surface area contributed by atoms with Crippen LogP contribution < -0.4 is 0 Å². The zero-order valence-electron chi connectivity index (χ0n) is 18.3. The zero-order valence-corrected chi connectivity index (χ0v) is 20.1. The molecule has 0 amide bonds. The summed E-state index contributed by atoms with van der Waals surface area (Å²) < 4.78 is 0. The Kier molecular flexibility index (Phi) is 19.4. The van der Waals surface area contributed by atoms with Gasteiger partial charge in [0.15, 0.2) is 0 Å². The lowest BCUT2D eigenvalue weighted by molar-refractivity contribution is 0.946. The van der Waals surface area contributed by atoms with Gasteiger partial charge in [-0.25, -0.2) is 0 Å². The first kappa shape index (κ1) is 28.2. The minimum absolute atomic E-state index is 0.262. The Morgan fingerprint density at radius 1 is 0.478 bits per heavy atom. The first-order chi connectivity index (χ1) is 10.3. The van der Waals surface area contributed by atoms with Gasteiger partial charge in [-0.3, -0.25) is 0 Å². The van der Waals surface area contributed by atoms with Gasteiger partial charge in [-0.2, -0.15) is 5.26 Å². The van der Waals surface area contributed by atoms with E-state index in [0.717, 1.165) is 34.0 Å². The standard InChI is InChI=1S/2C9H21P.C2H3N/c2*1-7(2)10(8(3)4)9(5)6;1-2-3/h2*7-9H,1-6H3;1H3. The molecule has 3 heteroatoms. The number of nitriles is 1. The van der Waals surface area contributed by atoms with E-state index in [4.69, 9.17) is 5.26 Å². The van der Waals surface area contributed by atoms with Crippen LogP contribution in [-0.4, -0.2) is 34.0 Å². The van der Waals surface area contributed by atoms with Crippen LogP contribution in [0.3, 0.4) is 0 Å². The lowest BCUT2D eigenvalue weighted by Gasteiger charge is -2.29. The Morgan fingerprint density at radius 2 is 0.565 bits per heavy atom. The van der Waals surface area contributed by atoms with Crippen molar-refractivity contribution in [3.05, 3.63) is 0 Å². The Morgan fingerprint density at radius 3 is 0.565 bits per heavy atom. The highest BCUT2D eigenvalue weighted by Gasteiger charge is 2.20. The van der Waals surface area contributed by atoms with Gasteiger partial charge in [0, 0.05) is 6.92 Å². The minimum atomic E-state index is 0.262. The first-order valence-electron chi connectivity index (χ1n) is 9.20.